The van der Waals surface area contributed by atoms with Crippen LogP contribution in [0.25, 0.3) is 10.9 Å². The number of fused-ring (bicyclic) bond motifs is 1. The van der Waals surface area contributed by atoms with Gasteiger partial charge in [0, 0.05) is 23.0 Å². The molecule has 1 aliphatic heterocycles. The summed E-state index contributed by atoms with van der Waals surface area (Å²) in [5.74, 6) is 0.456. The largest absolute Gasteiger partial charge is 0.309 e. The molecule has 1 aliphatic rings. The first-order chi connectivity index (χ1) is 10.4. The average Bonchev–Trinajstić information content (AvgIpc) is 3.05. The Labute approximate surface area is 124 Å². The Balaban J connectivity index is 1.73. The Morgan fingerprint density at radius 2 is 1.67 bits per heavy atom. The molecular formula is C19H18N2. The topological polar surface area (TPSA) is 24.9 Å². The molecule has 2 heteroatoms. The van der Waals surface area contributed by atoms with E-state index in [1.165, 1.54) is 16.6 Å². The summed E-state index contributed by atoms with van der Waals surface area (Å²) in [6.07, 6.45) is 1.14. The molecular weight excluding hydrogens is 256 g/mol. The molecule has 2 aromatic carbocycles. The Bertz CT molecular complexity index is 752. The van der Waals surface area contributed by atoms with Crippen LogP contribution >= 0.6 is 0 Å². The quantitative estimate of drug-likeness (QED) is 0.762. The van der Waals surface area contributed by atoms with Crippen LogP contribution in [0.15, 0.2) is 66.7 Å². The van der Waals surface area contributed by atoms with Gasteiger partial charge in [-0.05, 0) is 30.7 Å². The van der Waals surface area contributed by atoms with Crippen molar-refractivity contribution in [3.63, 3.8) is 0 Å². The molecule has 1 N–H and O–H groups in total. The summed E-state index contributed by atoms with van der Waals surface area (Å²) >= 11 is 0. The van der Waals surface area contributed by atoms with Crippen LogP contribution in [-0.4, -0.2) is 11.5 Å². The Hall–Kier alpha value is -2.19. The Morgan fingerprint density at radius 3 is 2.57 bits per heavy atom. The third kappa shape index (κ3) is 2.32. The lowest BCUT2D eigenvalue weighted by Gasteiger charge is -2.20. The van der Waals surface area contributed by atoms with E-state index in [2.05, 4.69) is 72.0 Å². The van der Waals surface area contributed by atoms with Crippen LogP contribution in [-0.2, 0) is 0 Å². The molecule has 0 bridgehead atoms. The summed E-state index contributed by atoms with van der Waals surface area (Å²) in [5.41, 5.74) is 3.65. The van der Waals surface area contributed by atoms with E-state index < -0.39 is 0 Å². The third-order valence-corrected chi connectivity index (χ3v) is 4.38. The lowest BCUT2D eigenvalue weighted by atomic mass is 9.91. The number of para-hydroxylation sites is 1. The molecule has 0 saturated carbocycles. The fourth-order valence-corrected chi connectivity index (χ4v) is 3.32. The first kappa shape index (κ1) is 12.5. The molecule has 21 heavy (non-hydrogen) atoms. The van der Waals surface area contributed by atoms with E-state index in [0.717, 1.165) is 18.5 Å². The molecule has 2 heterocycles. The number of aromatic nitrogens is 1. The summed E-state index contributed by atoms with van der Waals surface area (Å²) < 4.78 is 0. The summed E-state index contributed by atoms with van der Waals surface area (Å²) in [5, 5.41) is 4.84. The first-order valence-corrected chi connectivity index (χ1v) is 7.56. The van der Waals surface area contributed by atoms with Gasteiger partial charge in [-0.2, -0.15) is 0 Å². The van der Waals surface area contributed by atoms with Gasteiger partial charge in [0.15, 0.2) is 0 Å². The first-order valence-electron chi connectivity index (χ1n) is 7.56. The highest BCUT2D eigenvalue weighted by Crippen LogP contribution is 2.37. The molecule has 2 nitrogen and oxygen atoms in total. The van der Waals surface area contributed by atoms with Crippen molar-refractivity contribution >= 4 is 10.9 Å². The van der Waals surface area contributed by atoms with E-state index in [1.807, 2.05) is 0 Å². The molecule has 1 aromatic heterocycles. The average molecular weight is 274 g/mol. The second-order valence-electron chi connectivity index (χ2n) is 5.67. The van der Waals surface area contributed by atoms with Crippen molar-refractivity contribution < 1.29 is 0 Å². The van der Waals surface area contributed by atoms with Gasteiger partial charge < -0.3 is 5.32 Å². The van der Waals surface area contributed by atoms with Crippen LogP contribution in [0.3, 0.4) is 0 Å². The molecule has 0 amide bonds. The molecule has 0 spiro atoms. The monoisotopic (exact) mass is 274 g/mol. The van der Waals surface area contributed by atoms with Crippen molar-refractivity contribution in [2.45, 2.75) is 18.4 Å². The van der Waals surface area contributed by atoms with E-state index in [1.54, 1.807) is 0 Å². The van der Waals surface area contributed by atoms with Crippen LogP contribution in [0, 0.1) is 0 Å². The predicted octanol–water partition coefficient (Wildman–Crippen LogP) is 4.05. The van der Waals surface area contributed by atoms with Crippen molar-refractivity contribution in [1.82, 2.24) is 10.3 Å². The minimum Gasteiger partial charge on any atom is -0.309 e. The zero-order valence-electron chi connectivity index (χ0n) is 11.9. The highest BCUT2D eigenvalue weighted by atomic mass is 15.0. The van der Waals surface area contributed by atoms with Gasteiger partial charge in [-0.25, -0.2) is 0 Å². The maximum atomic E-state index is 4.89. The highest BCUT2D eigenvalue weighted by molar-refractivity contribution is 5.78. The minimum absolute atomic E-state index is 0.375. The molecule has 0 radical (unpaired) electrons. The van der Waals surface area contributed by atoms with Gasteiger partial charge in [0.1, 0.15) is 0 Å². The second kappa shape index (κ2) is 5.30. The van der Waals surface area contributed by atoms with E-state index in [0.29, 0.717) is 12.0 Å². The Morgan fingerprint density at radius 1 is 0.857 bits per heavy atom. The summed E-state index contributed by atoms with van der Waals surface area (Å²) in [4.78, 5) is 4.89. The van der Waals surface area contributed by atoms with Gasteiger partial charge in [-0.1, -0.05) is 54.6 Å². The molecule has 4 rings (SSSR count). The molecule has 2 atom stereocenters. The highest BCUT2D eigenvalue weighted by Gasteiger charge is 2.30. The zero-order valence-corrected chi connectivity index (χ0v) is 11.9. The molecule has 104 valence electrons. The van der Waals surface area contributed by atoms with Gasteiger partial charge >= 0.3 is 0 Å². The van der Waals surface area contributed by atoms with Gasteiger partial charge in [-0.3, -0.25) is 4.98 Å². The van der Waals surface area contributed by atoms with Crippen molar-refractivity contribution in [2.24, 2.45) is 0 Å². The fourth-order valence-electron chi connectivity index (χ4n) is 3.32. The van der Waals surface area contributed by atoms with E-state index >= 15 is 0 Å². The van der Waals surface area contributed by atoms with Crippen LogP contribution in [0.1, 0.15) is 29.6 Å². The molecule has 1 saturated heterocycles. The maximum absolute atomic E-state index is 4.89. The van der Waals surface area contributed by atoms with Gasteiger partial charge in [0.05, 0.1) is 5.52 Å². The van der Waals surface area contributed by atoms with Crippen LogP contribution in [0.5, 0.6) is 0 Å². The predicted molar refractivity (Wildman–Crippen MR) is 86.3 cm³/mol. The third-order valence-electron chi connectivity index (χ3n) is 4.38. The number of pyridine rings is 1. The van der Waals surface area contributed by atoms with Gasteiger partial charge in [0.2, 0.25) is 0 Å². The number of hydrogen-bond donors (Lipinski definition) is 1. The zero-order chi connectivity index (χ0) is 14.1. The smallest absolute Gasteiger partial charge is 0.0705 e. The van der Waals surface area contributed by atoms with E-state index in [4.69, 9.17) is 4.98 Å². The molecule has 1 fully saturated rings. The maximum Gasteiger partial charge on any atom is 0.0705 e. The summed E-state index contributed by atoms with van der Waals surface area (Å²) in [6.45, 7) is 1.05. The van der Waals surface area contributed by atoms with Crippen molar-refractivity contribution in [1.29, 1.82) is 0 Å². The molecule has 2 unspecified atom stereocenters. The van der Waals surface area contributed by atoms with Crippen LogP contribution in [0.4, 0.5) is 0 Å². The number of hydrogen-bond acceptors (Lipinski definition) is 2. The number of nitrogens with one attached hydrogen (secondary N) is 1. The van der Waals surface area contributed by atoms with Crippen LogP contribution in [0.2, 0.25) is 0 Å². The number of benzene rings is 2. The van der Waals surface area contributed by atoms with E-state index in [9.17, 15) is 0 Å². The normalized spacial score (nSPS) is 21.7. The minimum atomic E-state index is 0.375. The van der Waals surface area contributed by atoms with Gasteiger partial charge in [-0.15, -0.1) is 0 Å². The second-order valence-corrected chi connectivity index (χ2v) is 5.67. The molecule has 0 aliphatic carbocycles. The lowest BCUT2D eigenvalue weighted by Crippen LogP contribution is -2.17. The van der Waals surface area contributed by atoms with E-state index in [-0.39, 0.29) is 0 Å². The van der Waals surface area contributed by atoms with Gasteiger partial charge in [0.25, 0.3) is 0 Å². The lowest BCUT2D eigenvalue weighted by molar-refractivity contribution is 0.568. The van der Waals surface area contributed by atoms with Crippen molar-refractivity contribution in [3.05, 3.63) is 78.0 Å². The van der Waals surface area contributed by atoms with Crippen molar-refractivity contribution in [3.8, 4) is 0 Å². The van der Waals surface area contributed by atoms with Crippen LogP contribution < -0.4 is 5.32 Å². The summed E-state index contributed by atoms with van der Waals surface area (Å²) in [7, 11) is 0. The SMILES string of the molecule is c1ccc(C2NCCC2c2ccc3ccccc3n2)cc1. The molecule has 3 aromatic rings. The standard InChI is InChI=1S/C19H18N2/c1-2-7-15(8-3-1)19-16(12-13-20-19)18-11-10-14-6-4-5-9-17(14)21-18/h1-11,16,19-20H,12-13H2. The Kier molecular flexibility index (Phi) is 3.17. The summed E-state index contributed by atoms with van der Waals surface area (Å²) in [6, 6.07) is 23.8. The number of nitrogens with zero attached hydrogens (tertiary/aromatic N) is 1. The number of rotatable bonds is 2. The fraction of sp³-hybridized carbons (Fsp3) is 0.211. The van der Waals surface area contributed by atoms with Crippen molar-refractivity contribution in [2.75, 3.05) is 6.54 Å².